The molecule has 4 heteroatoms. The zero-order chi connectivity index (χ0) is 11.7. The smallest absolute Gasteiger partial charge is 0.105 e. The number of hydrogen-bond donors (Lipinski definition) is 1. The van der Waals surface area contributed by atoms with E-state index in [0.717, 1.165) is 17.5 Å². The van der Waals surface area contributed by atoms with Gasteiger partial charge in [-0.25, -0.2) is 0 Å². The number of hydrogen-bond acceptors (Lipinski definition) is 4. The first-order valence-corrected chi connectivity index (χ1v) is 6.68. The summed E-state index contributed by atoms with van der Waals surface area (Å²) in [5, 5.41) is 0. The molecular formula is C11H18N2S2. The second kappa shape index (κ2) is 8.68. The predicted octanol–water partition coefficient (Wildman–Crippen LogP) is 3.83. The van der Waals surface area contributed by atoms with E-state index in [4.69, 9.17) is 0 Å². The van der Waals surface area contributed by atoms with E-state index in [1.807, 2.05) is 19.9 Å². The summed E-state index contributed by atoms with van der Waals surface area (Å²) in [7, 11) is 0. The maximum atomic E-state index is 4.16. The van der Waals surface area contributed by atoms with Crippen LogP contribution in [0.25, 0.3) is 11.0 Å². The average molecular weight is 242 g/mol. The third kappa shape index (κ3) is 4.18. The van der Waals surface area contributed by atoms with Crippen molar-refractivity contribution >= 4 is 35.4 Å². The fraction of sp³-hybridized carbons (Fsp3) is 0.455. The highest BCUT2D eigenvalue weighted by Crippen LogP contribution is 2.13. The van der Waals surface area contributed by atoms with Gasteiger partial charge in [0.1, 0.15) is 11.0 Å². The van der Waals surface area contributed by atoms with Crippen molar-refractivity contribution in [2.75, 3.05) is 6.26 Å². The van der Waals surface area contributed by atoms with Gasteiger partial charge in [-0.05, 0) is 30.4 Å². The van der Waals surface area contributed by atoms with Crippen LogP contribution in [0, 0.1) is 0 Å². The van der Waals surface area contributed by atoms with Crippen molar-refractivity contribution in [2.45, 2.75) is 27.2 Å². The van der Waals surface area contributed by atoms with E-state index in [2.05, 4.69) is 40.4 Å². The molecular weight excluding hydrogens is 224 g/mol. The lowest BCUT2D eigenvalue weighted by Gasteiger charge is -1.92. The fourth-order valence-corrected chi connectivity index (χ4v) is 1.56. The van der Waals surface area contributed by atoms with Crippen LogP contribution in [0.5, 0.6) is 0 Å². The van der Waals surface area contributed by atoms with Crippen molar-refractivity contribution in [2.24, 2.45) is 0 Å². The molecule has 84 valence electrons. The van der Waals surface area contributed by atoms with Crippen molar-refractivity contribution in [1.82, 2.24) is 8.75 Å². The van der Waals surface area contributed by atoms with Crippen molar-refractivity contribution in [3.63, 3.8) is 0 Å². The minimum Gasteiger partial charge on any atom is -0.183 e. The van der Waals surface area contributed by atoms with Gasteiger partial charge < -0.3 is 0 Å². The summed E-state index contributed by atoms with van der Waals surface area (Å²) in [6, 6.07) is 6.22. The lowest BCUT2D eigenvalue weighted by molar-refractivity contribution is 1.14. The zero-order valence-electron chi connectivity index (χ0n) is 9.69. The Hall–Kier alpha value is -0.610. The topological polar surface area (TPSA) is 25.8 Å². The molecule has 2 nitrogen and oxygen atoms in total. The van der Waals surface area contributed by atoms with Gasteiger partial charge >= 0.3 is 0 Å². The van der Waals surface area contributed by atoms with Gasteiger partial charge in [0.25, 0.3) is 0 Å². The minimum atomic E-state index is 1.01. The Morgan fingerprint density at radius 3 is 2.33 bits per heavy atom. The number of fused-ring (bicyclic) bond motifs is 1. The number of aromatic nitrogens is 2. The lowest BCUT2D eigenvalue weighted by atomic mass is 10.1. The van der Waals surface area contributed by atoms with Crippen LogP contribution in [0.15, 0.2) is 18.2 Å². The monoisotopic (exact) mass is 242 g/mol. The molecule has 0 aliphatic rings. The molecule has 0 bridgehead atoms. The summed E-state index contributed by atoms with van der Waals surface area (Å²) in [6.07, 6.45) is 2.76. The van der Waals surface area contributed by atoms with E-state index in [1.165, 1.54) is 17.3 Å². The van der Waals surface area contributed by atoms with Crippen molar-refractivity contribution in [3.8, 4) is 0 Å². The molecule has 2 aromatic rings. The van der Waals surface area contributed by atoms with Crippen molar-refractivity contribution < 1.29 is 0 Å². The number of aryl methyl sites for hydroxylation is 1. The highest BCUT2D eigenvalue weighted by atomic mass is 32.1. The summed E-state index contributed by atoms with van der Waals surface area (Å²) >= 11 is 4.80. The van der Waals surface area contributed by atoms with E-state index in [9.17, 15) is 0 Å². The molecule has 1 aromatic carbocycles. The molecule has 0 N–H and O–H groups in total. The predicted molar refractivity (Wildman–Crippen MR) is 73.1 cm³/mol. The van der Waals surface area contributed by atoms with E-state index in [0.29, 0.717) is 0 Å². The Morgan fingerprint density at radius 1 is 1.13 bits per heavy atom. The van der Waals surface area contributed by atoms with Crippen LogP contribution in [-0.4, -0.2) is 15.0 Å². The Kier molecular flexibility index (Phi) is 8.33. The molecule has 0 amide bonds. The van der Waals surface area contributed by atoms with Crippen LogP contribution < -0.4 is 0 Å². The minimum absolute atomic E-state index is 1.01. The van der Waals surface area contributed by atoms with Crippen LogP contribution >= 0.6 is 24.4 Å². The van der Waals surface area contributed by atoms with E-state index in [-0.39, 0.29) is 0 Å². The third-order valence-electron chi connectivity index (χ3n) is 1.73. The van der Waals surface area contributed by atoms with E-state index < -0.39 is 0 Å². The summed E-state index contributed by atoms with van der Waals surface area (Å²) in [5.41, 5.74) is 3.35. The molecule has 0 fully saturated rings. The molecule has 1 aromatic heterocycles. The number of benzene rings is 1. The van der Waals surface area contributed by atoms with Crippen LogP contribution in [-0.2, 0) is 6.42 Å². The van der Waals surface area contributed by atoms with Gasteiger partial charge in [-0.3, -0.25) is 0 Å². The highest BCUT2D eigenvalue weighted by Gasteiger charge is 1.97. The van der Waals surface area contributed by atoms with Gasteiger partial charge in [0.15, 0.2) is 0 Å². The Balaban J connectivity index is 0.000000442. The maximum Gasteiger partial charge on any atom is 0.105 e. The molecule has 0 spiro atoms. The van der Waals surface area contributed by atoms with E-state index in [1.54, 1.807) is 6.26 Å². The molecule has 0 saturated carbocycles. The summed E-state index contributed by atoms with van der Waals surface area (Å²) in [5.74, 6) is 0. The molecule has 15 heavy (non-hydrogen) atoms. The van der Waals surface area contributed by atoms with Crippen LogP contribution in [0.1, 0.15) is 26.3 Å². The summed E-state index contributed by atoms with van der Waals surface area (Å²) in [6.45, 7) is 6.14. The molecule has 0 saturated heterocycles. The maximum absolute atomic E-state index is 4.16. The van der Waals surface area contributed by atoms with Crippen LogP contribution in [0.3, 0.4) is 0 Å². The largest absolute Gasteiger partial charge is 0.183 e. The summed E-state index contributed by atoms with van der Waals surface area (Å²) in [4.78, 5) is 0. The van der Waals surface area contributed by atoms with Crippen LogP contribution in [0.4, 0.5) is 0 Å². The molecule has 0 atom stereocenters. The zero-order valence-corrected chi connectivity index (χ0v) is 11.4. The van der Waals surface area contributed by atoms with Gasteiger partial charge in [-0.15, -0.1) is 0 Å². The fourth-order valence-electron chi connectivity index (χ4n) is 1.05. The Labute approximate surface area is 101 Å². The van der Waals surface area contributed by atoms with E-state index >= 15 is 0 Å². The first-order chi connectivity index (χ1) is 7.40. The average Bonchev–Trinajstić information content (AvgIpc) is 2.81. The quantitative estimate of drug-likeness (QED) is 0.769. The number of rotatable bonds is 1. The number of thiol groups is 1. The highest BCUT2D eigenvalue weighted by molar-refractivity contribution is 7.79. The molecule has 0 radical (unpaired) electrons. The van der Waals surface area contributed by atoms with Crippen LogP contribution in [0.2, 0.25) is 0 Å². The lowest BCUT2D eigenvalue weighted by Crippen LogP contribution is -1.78. The van der Waals surface area contributed by atoms with Crippen molar-refractivity contribution in [3.05, 3.63) is 23.8 Å². The van der Waals surface area contributed by atoms with Gasteiger partial charge in [-0.2, -0.15) is 21.4 Å². The molecule has 0 aliphatic heterocycles. The third-order valence-corrected chi connectivity index (χ3v) is 2.28. The first-order valence-electron chi connectivity index (χ1n) is 5.06. The van der Waals surface area contributed by atoms with Gasteiger partial charge in [-0.1, -0.05) is 26.8 Å². The second-order valence-electron chi connectivity index (χ2n) is 2.44. The second-order valence-corrected chi connectivity index (χ2v) is 2.97. The normalized spacial score (nSPS) is 8.60. The Morgan fingerprint density at radius 2 is 1.73 bits per heavy atom. The van der Waals surface area contributed by atoms with Gasteiger partial charge in [0, 0.05) is 0 Å². The molecule has 0 unspecified atom stereocenters. The Bertz CT molecular complexity index is 371. The SMILES string of the molecule is CC.CCc1ccc2nsnc2c1.CS. The first kappa shape index (κ1) is 14.4. The summed E-state index contributed by atoms with van der Waals surface area (Å²) < 4.78 is 8.28. The number of nitrogens with zero attached hydrogens (tertiary/aromatic N) is 2. The van der Waals surface area contributed by atoms with Crippen molar-refractivity contribution in [1.29, 1.82) is 0 Å². The molecule has 0 aliphatic carbocycles. The molecule has 2 rings (SSSR count). The molecule has 1 heterocycles. The standard InChI is InChI=1S/C8H8N2S.C2H6.CH4S/c1-2-6-3-4-7-8(5-6)10-11-9-7;2*1-2/h3-5H,2H2,1H3;1-2H3;2H,1H3. The van der Waals surface area contributed by atoms with Gasteiger partial charge in [0.2, 0.25) is 0 Å². The van der Waals surface area contributed by atoms with Gasteiger partial charge in [0.05, 0.1) is 11.7 Å².